The van der Waals surface area contributed by atoms with E-state index in [-0.39, 0.29) is 17.7 Å². The molecule has 1 heterocycles. The summed E-state index contributed by atoms with van der Waals surface area (Å²) in [6.45, 7) is 3.31. The number of rotatable bonds is 6. The van der Waals surface area contributed by atoms with E-state index in [4.69, 9.17) is 4.74 Å². The Morgan fingerprint density at radius 2 is 1.93 bits per heavy atom. The SMILES string of the molecule is CCOc1ccc(CC(=O)Nc2ccc3c(c2)N(C(=O)C2CC2)CC3)cc1. The fraction of sp³-hybridized carbons (Fsp3) is 0.364. The van der Waals surface area contributed by atoms with E-state index in [9.17, 15) is 9.59 Å². The van der Waals surface area contributed by atoms with Gasteiger partial charge in [0.1, 0.15) is 5.75 Å². The van der Waals surface area contributed by atoms with E-state index < -0.39 is 0 Å². The first-order valence-corrected chi connectivity index (χ1v) is 9.60. The minimum atomic E-state index is -0.0721. The molecule has 2 aliphatic rings. The van der Waals surface area contributed by atoms with Crippen LogP contribution in [0.5, 0.6) is 5.75 Å². The second kappa shape index (κ2) is 7.43. The quantitative estimate of drug-likeness (QED) is 0.853. The van der Waals surface area contributed by atoms with Gasteiger partial charge in [0.05, 0.1) is 13.0 Å². The van der Waals surface area contributed by atoms with Gasteiger partial charge in [0.2, 0.25) is 11.8 Å². The summed E-state index contributed by atoms with van der Waals surface area (Å²) in [5.74, 6) is 1.17. The van der Waals surface area contributed by atoms with Gasteiger partial charge in [-0.25, -0.2) is 0 Å². The second-order valence-electron chi connectivity index (χ2n) is 7.16. The zero-order valence-electron chi connectivity index (χ0n) is 15.5. The molecule has 1 aliphatic heterocycles. The molecule has 0 radical (unpaired) electrons. The van der Waals surface area contributed by atoms with E-state index in [0.29, 0.717) is 13.0 Å². The highest BCUT2D eigenvalue weighted by Gasteiger charge is 2.36. The van der Waals surface area contributed by atoms with Gasteiger partial charge in [-0.3, -0.25) is 9.59 Å². The van der Waals surface area contributed by atoms with Gasteiger partial charge in [-0.05, 0) is 61.6 Å². The number of amides is 2. The molecule has 0 aromatic heterocycles. The summed E-state index contributed by atoms with van der Waals surface area (Å²) in [7, 11) is 0. The lowest BCUT2D eigenvalue weighted by atomic mass is 10.1. The molecule has 5 heteroatoms. The first-order valence-electron chi connectivity index (χ1n) is 9.60. The summed E-state index contributed by atoms with van der Waals surface area (Å²) in [6, 6.07) is 13.4. The number of carbonyl (C=O) groups excluding carboxylic acids is 2. The normalized spacial score (nSPS) is 15.4. The first-order chi connectivity index (χ1) is 13.1. The van der Waals surface area contributed by atoms with E-state index in [2.05, 4.69) is 5.32 Å². The van der Waals surface area contributed by atoms with Crippen LogP contribution in [0.1, 0.15) is 30.9 Å². The first kappa shape index (κ1) is 17.6. The number of hydrogen-bond donors (Lipinski definition) is 1. The minimum absolute atomic E-state index is 0.0721. The van der Waals surface area contributed by atoms with Crippen LogP contribution in [-0.2, 0) is 22.4 Å². The molecule has 27 heavy (non-hydrogen) atoms. The molecule has 1 aliphatic carbocycles. The number of fused-ring (bicyclic) bond motifs is 1. The average Bonchev–Trinajstić information content (AvgIpc) is 3.43. The molecular weight excluding hydrogens is 340 g/mol. The van der Waals surface area contributed by atoms with Crippen molar-refractivity contribution in [1.82, 2.24) is 0 Å². The Balaban J connectivity index is 1.41. The van der Waals surface area contributed by atoms with Gasteiger partial charge in [0.25, 0.3) is 0 Å². The van der Waals surface area contributed by atoms with Crippen LogP contribution in [0.4, 0.5) is 11.4 Å². The van der Waals surface area contributed by atoms with Crippen LogP contribution in [0.15, 0.2) is 42.5 Å². The van der Waals surface area contributed by atoms with Crippen molar-refractivity contribution in [3.63, 3.8) is 0 Å². The highest BCUT2D eigenvalue weighted by molar-refractivity contribution is 5.99. The molecule has 4 rings (SSSR count). The van der Waals surface area contributed by atoms with E-state index in [0.717, 1.165) is 48.5 Å². The third kappa shape index (κ3) is 3.97. The molecule has 2 aromatic rings. The van der Waals surface area contributed by atoms with Crippen molar-refractivity contribution in [2.75, 3.05) is 23.4 Å². The third-order valence-electron chi connectivity index (χ3n) is 5.06. The molecule has 140 valence electrons. The maximum Gasteiger partial charge on any atom is 0.230 e. The van der Waals surface area contributed by atoms with Crippen LogP contribution in [0.3, 0.4) is 0 Å². The molecule has 2 amide bonds. The van der Waals surface area contributed by atoms with E-state index >= 15 is 0 Å². The number of carbonyl (C=O) groups is 2. The molecular formula is C22H24N2O3. The van der Waals surface area contributed by atoms with Gasteiger partial charge in [-0.2, -0.15) is 0 Å². The van der Waals surface area contributed by atoms with Gasteiger partial charge in [-0.15, -0.1) is 0 Å². The topological polar surface area (TPSA) is 58.6 Å². The van der Waals surface area contributed by atoms with E-state index in [1.165, 1.54) is 5.56 Å². The van der Waals surface area contributed by atoms with Crippen molar-refractivity contribution >= 4 is 23.2 Å². The summed E-state index contributed by atoms with van der Waals surface area (Å²) in [4.78, 5) is 26.7. The largest absolute Gasteiger partial charge is 0.494 e. The molecule has 0 unspecified atom stereocenters. The fourth-order valence-electron chi connectivity index (χ4n) is 3.50. The van der Waals surface area contributed by atoms with E-state index in [1.807, 2.05) is 54.3 Å². The molecule has 5 nitrogen and oxygen atoms in total. The number of anilines is 2. The Labute approximate surface area is 159 Å². The standard InChI is InChI=1S/C22H24N2O3/c1-2-27-19-9-3-15(4-10-19)13-21(25)23-18-8-7-16-11-12-24(20(16)14-18)22(26)17-5-6-17/h3-4,7-10,14,17H,2,5-6,11-13H2,1H3,(H,23,25). The Morgan fingerprint density at radius 1 is 1.15 bits per heavy atom. The van der Waals surface area contributed by atoms with Gasteiger partial charge in [0, 0.05) is 23.8 Å². The summed E-state index contributed by atoms with van der Waals surface area (Å²) < 4.78 is 5.42. The van der Waals surface area contributed by atoms with Crippen molar-refractivity contribution in [2.45, 2.75) is 32.6 Å². The molecule has 1 fully saturated rings. The monoisotopic (exact) mass is 364 g/mol. The molecule has 0 spiro atoms. The Kier molecular flexibility index (Phi) is 4.84. The fourth-order valence-corrected chi connectivity index (χ4v) is 3.50. The van der Waals surface area contributed by atoms with Crippen LogP contribution in [0.25, 0.3) is 0 Å². The predicted octanol–water partition coefficient (Wildman–Crippen LogP) is 3.57. The lowest BCUT2D eigenvalue weighted by molar-refractivity contribution is -0.119. The summed E-state index contributed by atoms with van der Waals surface area (Å²) in [6.07, 6.45) is 3.19. The third-order valence-corrected chi connectivity index (χ3v) is 5.06. The van der Waals surface area contributed by atoms with Crippen LogP contribution in [0, 0.1) is 5.92 Å². The van der Waals surface area contributed by atoms with Gasteiger partial charge in [0.15, 0.2) is 0 Å². The van der Waals surface area contributed by atoms with Crippen LogP contribution >= 0.6 is 0 Å². The number of nitrogens with one attached hydrogen (secondary N) is 1. The van der Waals surface area contributed by atoms with Gasteiger partial charge >= 0.3 is 0 Å². The van der Waals surface area contributed by atoms with Crippen molar-refractivity contribution in [1.29, 1.82) is 0 Å². The minimum Gasteiger partial charge on any atom is -0.494 e. The smallest absolute Gasteiger partial charge is 0.230 e. The molecule has 2 aromatic carbocycles. The number of ether oxygens (including phenoxy) is 1. The Hall–Kier alpha value is -2.82. The van der Waals surface area contributed by atoms with Crippen molar-refractivity contribution < 1.29 is 14.3 Å². The molecule has 0 atom stereocenters. The maximum atomic E-state index is 12.4. The van der Waals surface area contributed by atoms with E-state index in [1.54, 1.807) is 0 Å². The lowest BCUT2D eigenvalue weighted by Gasteiger charge is -2.18. The van der Waals surface area contributed by atoms with Crippen LogP contribution in [-0.4, -0.2) is 25.0 Å². The number of nitrogens with zero attached hydrogens (tertiary/aromatic N) is 1. The average molecular weight is 364 g/mol. The van der Waals surface area contributed by atoms with Crippen LogP contribution < -0.4 is 15.0 Å². The van der Waals surface area contributed by atoms with Crippen molar-refractivity contribution in [3.8, 4) is 5.75 Å². The molecule has 1 N–H and O–H groups in total. The van der Waals surface area contributed by atoms with Gasteiger partial charge in [-0.1, -0.05) is 18.2 Å². The van der Waals surface area contributed by atoms with Crippen molar-refractivity contribution in [2.24, 2.45) is 5.92 Å². The lowest BCUT2D eigenvalue weighted by Crippen LogP contribution is -2.30. The summed E-state index contributed by atoms with van der Waals surface area (Å²) >= 11 is 0. The molecule has 0 saturated heterocycles. The highest BCUT2D eigenvalue weighted by atomic mass is 16.5. The summed E-state index contributed by atoms with van der Waals surface area (Å²) in [5.41, 5.74) is 3.79. The number of benzene rings is 2. The maximum absolute atomic E-state index is 12.4. The zero-order chi connectivity index (χ0) is 18.8. The highest BCUT2D eigenvalue weighted by Crippen LogP contribution is 2.37. The zero-order valence-corrected chi connectivity index (χ0v) is 15.5. The number of hydrogen-bond acceptors (Lipinski definition) is 3. The Morgan fingerprint density at radius 3 is 2.63 bits per heavy atom. The molecule has 1 saturated carbocycles. The van der Waals surface area contributed by atoms with Gasteiger partial charge < -0.3 is 15.0 Å². The second-order valence-corrected chi connectivity index (χ2v) is 7.16. The Bertz CT molecular complexity index is 856. The summed E-state index contributed by atoms with van der Waals surface area (Å²) in [5, 5.41) is 2.96. The van der Waals surface area contributed by atoms with Crippen molar-refractivity contribution in [3.05, 3.63) is 53.6 Å². The van der Waals surface area contributed by atoms with Crippen LogP contribution in [0.2, 0.25) is 0 Å². The molecule has 0 bridgehead atoms. The predicted molar refractivity (Wildman–Crippen MR) is 105 cm³/mol.